The van der Waals surface area contributed by atoms with Gasteiger partial charge in [0.05, 0.1) is 18.8 Å². The van der Waals surface area contributed by atoms with Crippen molar-refractivity contribution in [2.45, 2.75) is 52.4 Å². The van der Waals surface area contributed by atoms with Gasteiger partial charge in [-0.2, -0.15) is 13.2 Å². The van der Waals surface area contributed by atoms with Gasteiger partial charge in [0.2, 0.25) is 0 Å². The zero-order chi connectivity index (χ0) is 20.2. The van der Waals surface area contributed by atoms with Crippen molar-refractivity contribution >= 4 is 5.97 Å². The summed E-state index contributed by atoms with van der Waals surface area (Å²) >= 11 is 0. The molecule has 0 bridgehead atoms. The lowest BCUT2D eigenvalue weighted by Gasteiger charge is -2.40. The van der Waals surface area contributed by atoms with Crippen molar-refractivity contribution in [3.05, 3.63) is 34.9 Å². The van der Waals surface area contributed by atoms with Gasteiger partial charge in [0.15, 0.2) is 0 Å². The van der Waals surface area contributed by atoms with Crippen LogP contribution in [-0.2, 0) is 22.3 Å². The number of alkyl halides is 3. The van der Waals surface area contributed by atoms with E-state index < -0.39 is 18.3 Å². The third-order valence-electron chi connectivity index (χ3n) is 5.16. The highest BCUT2D eigenvalue weighted by Crippen LogP contribution is 2.37. The molecular weight excluding hydrogens is 359 g/mol. The smallest absolute Gasteiger partial charge is 0.416 e. The molecule has 0 spiro atoms. The Bertz CT molecular complexity index is 638. The Morgan fingerprint density at radius 2 is 1.93 bits per heavy atom. The van der Waals surface area contributed by atoms with Gasteiger partial charge in [-0.15, -0.1) is 0 Å². The van der Waals surface area contributed by atoms with E-state index in [1.54, 1.807) is 0 Å². The first-order valence-corrected chi connectivity index (χ1v) is 9.31. The van der Waals surface area contributed by atoms with E-state index in [1.165, 1.54) is 13.0 Å². The molecule has 1 unspecified atom stereocenters. The van der Waals surface area contributed by atoms with Crippen LogP contribution in [0.2, 0.25) is 0 Å². The number of piperidine rings is 1. The van der Waals surface area contributed by atoms with Gasteiger partial charge in [-0.3, -0.25) is 9.69 Å². The van der Waals surface area contributed by atoms with Crippen LogP contribution < -0.4 is 0 Å². The second-order valence-corrected chi connectivity index (χ2v) is 7.54. The second kappa shape index (κ2) is 9.06. The zero-order valence-corrected chi connectivity index (χ0v) is 16.1. The summed E-state index contributed by atoms with van der Waals surface area (Å²) in [5.41, 5.74) is 0.336. The molecule has 1 heterocycles. The Morgan fingerprint density at radius 1 is 1.30 bits per heavy atom. The first-order valence-electron chi connectivity index (χ1n) is 9.31. The number of esters is 1. The van der Waals surface area contributed by atoms with Crippen LogP contribution in [0.5, 0.6) is 0 Å². The van der Waals surface area contributed by atoms with Gasteiger partial charge < -0.3 is 9.84 Å². The number of carbonyl (C=O) groups excluding carboxylic acids is 1. The molecule has 0 aliphatic carbocycles. The van der Waals surface area contributed by atoms with Gasteiger partial charge in [-0.1, -0.05) is 19.9 Å². The number of aliphatic hydroxyl groups excluding tert-OH is 1. The maximum atomic E-state index is 13.0. The minimum atomic E-state index is -4.43. The Labute approximate surface area is 158 Å². The molecule has 7 heteroatoms. The largest absolute Gasteiger partial charge is 0.466 e. The van der Waals surface area contributed by atoms with Crippen molar-refractivity contribution < 1.29 is 27.8 Å². The van der Waals surface area contributed by atoms with E-state index in [-0.39, 0.29) is 17.9 Å². The highest BCUT2D eigenvalue weighted by atomic mass is 19.4. The lowest BCUT2D eigenvalue weighted by atomic mass is 9.87. The van der Waals surface area contributed by atoms with Crippen molar-refractivity contribution in [3.8, 4) is 0 Å². The Balaban J connectivity index is 2.17. The lowest BCUT2D eigenvalue weighted by Crippen LogP contribution is -2.40. The average molecular weight is 387 g/mol. The number of benzene rings is 1. The Kier molecular flexibility index (Phi) is 7.28. The molecule has 1 N–H and O–H groups in total. The predicted octanol–water partition coefficient (Wildman–Crippen LogP) is 4.17. The van der Waals surface area contributed by atoms with Gasteiger partial charge in [0.1, 0.15) is 0 Å². The number of rotatable bonds is 6. The predicted molar refractivity (Wildman–Crippen MR) is 95.9 cm³/mol. The molecule has 0 radical (unpaired) electrons. The number of halogens is 3. The summed E-state index contributed by atoms with van der Waals surface area (Å²) in [5.74, 6) is 0.203. The summed E-state index contributed by atoms with van der Waals surface area (Å²) in [7, 11) is 0. The minimum absolute atomic E-state index is 0.0656. The number of hydrogen-bond donors (Lipinski definition) is 1. The molecule has 0 aromatic heterocycles. The number of nitrogens with zero attached hydrogens (tertiary/aromatic N) is 1. The molecule has 1 atom stereocenters. The van der Waals surface area contributed by atoms with Gasteiger partial charge >= 0.3 is 12.1 Å². The lowest BCUT2D eigenvalue weighted by molar-refractivity contribution is -0.143. The van der Waals surface area contributed by atoms with E-state index in [0.29, 0.717) is 18.1 Å². The molecule has 27 heavy (non-hydrogen) atoms. The van der Waals surface area contributed by atoms with Crippen LogP contribution in [0.25, 0.3) is 0 Å². The van der Waals surface area contributed by atoms with Crippen LogP contribution >= 0.6 is 0 Å². The quantitative estimate of drug-likeness (QED) is 0.745. The van der Waals surface area contributed by atoms with Crippen LogP contribution in [0.1, 0.15) is 56.3 Å². The van der Waals surface area contributed by atoms with E-state index in [1.807, 2.05) is 13.8 Å². The molecule has 0 saturated carbocycles. The summed E-state index contributed by atoms with van der Waals surface area (Å²) in [6, 6.07) is 3.59. The first-order chi connectivity index (χ1) is 12.6. The molecule has 1 aliphatic heterocycles. The Hall–Kier alpha value is -1.60. The van der Waals surface area contributed by atoms with Crippen molar-refractivity contribution in [3.63, 3.8) is 0 Å². The number of carbonyl (C=O) groups is 1. The molecule has 1 aromatic rings. The third-order valence-corrected chi connectivity index (χ3v) is 5.16. The Morgan fingerprint density at radius 3 is 2.41 bits per heavy atom. The van der Waals surface area contributed by atoms with Crippen molar-refractivity contribution in [1.82, 2.24) is 4.90 Å². The molecule has 2 rings (SSSR count). The van der Waals surface area contributed by atoms with Crippen LogP contribution in [0.4, 0.5) is 13.2 Å². The number of likely N-dealkylation sites (tertiary alicyclic amines) is 1. The average Bonchev–Trinajstić information content (AvgIpc) is 2.60. The van der Waals surface area contributed by atoms with Crippen LogP contribution in [-0.4, -0.2) is 35.7 Å². The maximum absolute atomic E-state index is 13.0. The number of aliphatic hydroxyl groups is 1. The maximum Gasteiger partial charge on any atom is 0.416 e. The van der Waals surface area contributed by atoms with Gasteiger partial charge in [0, 0.05) is 13.0 Å². The molecule has 4 nitrogen and oxygen atoms in total. The normalized spacial score (nSPS) is 17.9. The van der Waals surface area contributed by atoms with Gasteiger partial charge in [-0.05, 0) is 61.0 Å². The molecule has 1 aromatic carbocycles. The minimum Gasteiger partial charge on any atom is -0.466 e. The van der Waals surface area contributed by atoms with Crippen LogP contribution in [0.15, 0.2) is 18.2 Å². The van der Waals surface area contributed by atoms with Gasteiger partial charge in [-0.25, -0.2) is 0 Å². The molecule has 1 fully saturated rings. The fourth-order valence-electron chi connectivity index (χ4n) is 3.82. The van der Waals surface area contributed by atoms with E-state index >= 15 is 0 Å². The highest BCUT2D eigenvalue weighted by molar-refractivity contribution is 5.65. The van der Waals surface area contributed by atoms with Crippen LogP contribution in [0.3, 0.4) is 0 Å². The fourth-order valence-corrected chi connectivity index (χ4v) is 3.82. The fraction of sp³-hybridized carbons (Fsp3) is 0.650. The first kappa shape index (κ1) is 21.7. The highest BCUT2D eigenvalue weighted by Gasteiger charge is 2.34. The van der Waals surface area contributed by atoms with E-state index in [9.17, 15) is 23.1 Å². The topological polar surface area (TPSA) is 49.8 Å². The van der Waals surface area contributed by atoms with Crippen molar-refractivity contribution in [2.75, 3.05) is 19.7 Å². The SMILES string of the molecule is CC(=O)OCC1CCN(C(c2ccc(C(F)(F)F)cc2CO)C(C)C)CC1. The summed E-state index contributed by atoms with van der Waals surface area (Å²) in [6.07, 6.45) is -2.69. The summed E-state index contributed by atoms with van der Waals surface area (Å²) in [4.78, 5) is 13.2. The zero-order valence-electron chi connectivity index (χ0n) is 16.1. The monoisotopic (exact) mass is 387 g/mol. The van der Waals surface area contributed by atoms with E-state index in [4.69, 9.17) is 4.74 Å². The molecule has 1 saturated heterocycles. The van der Waals surface area contributed by atoms with Crippen molar-refractivity contribution in [2.24, 2.45) is 11.8 Å². The number of hydrogen-bond acceptors (Lipinski definition) is 4. The van der Waals surface area contributed by atoms with E-state index in [2.05, 4.69) is 4.90 Å². The summed E-state index contributed by atoms with van der Waals surface area (Å²) in [5, 5.41) is 9.67. The molecule has 152 valence electrons. The molecular formula is C20H28F3NO3. The van der Waals surface area contributed by atoms with Crippen molar-refractivity contribution in [1.29, 1.82) is 0 Å². The third kappa shape index (κ3) is 5.69. The standard InChI is InChI=1S/C20H28F3NO3/c1-13(2)19(24-8-6-15(7-9-24)12-27-14(3)26)18-5-4-17(20(21,22)23)10-16(18)11-25/h4-5,10,13,15,19,25H,6-9,11-12H2,1-3H3. The number of ether oxygens (including phenoxy) is 1. The van der Waals surface area contributed by atoms with E-state index in [0.717, 1.165) is 43.6 Å². The van der Waals surface area contributed by atoms with Gasteiger partial charge in [0.25, 0.3) is 0 Å². The molecule has 1 aliphatic rings. The summed E-state index contributed by atoms with van der Waals surface area (Å²) in [6.45, 7) is 7.01. The van der Waals surface area contributed by atoms with Crippen LogP contribution in [0, 0.1) is 11.8 Å². The summed E-state index contributed by atoms with van der Waals surface area (Å²) < 4.78 is 44.1. The second-order valence-electron chi connectivity index (χ2n) is 7.54. The molecule has 0 amide bonds.